The lowest BCUT2D eigenvalue weighted by molar-refractivity contribution is 0.0994. The highest BCUT2D eigenvalue weighted by Gasteiger charge is 2.34. The molecule has 3 atom stereocenters. The van der Waals surface area contributed by atoms with Crippen molar-refractivity contribution < 1.29 is 0 Å². The van der Waals surface area contributed by atoms with Crippen molar-refractivity contribution in [2.24, 2.45) is 22.9 Å². The van der Waals surface area contributed by atoms with Crippen LogP contribution in [0.1, 0.15) is 59.3 Å². The summed E-state index contributed by atoms with van der Waals surface area (Å²) in [7, 11) is 0. The molecule has 4 nitrogen and oxygen atoms in total. The number of hydrazine groups is 1. The fourth-order valence-electron chi connectivity index (χ4n) is 3.61. The largest absolute Gasteiger partial charge is 0.291 e. The molecule has 4 heteroatoms. The van der Waals surface area contributed by atoms with Crippen LogP contribution >= 0.6 is 0 Å². The maximum atomic E-state index is 4.65. The van der Waals surface area contributed by atoms with Gasteiger partial charge in [-0.2, -0.15) is 5.10 Å². The number of rotatable bonds is 5. The average molecular weight is 266 g/mol. The molecular formula is C15H30N4. The van der Waals surface area contributed by atoms with E-state index in [1.54, 1.807) is 0 Å². The summed E-state index contributed by atoms with van der Waals surface area (Å²) < 4.78 is 0. The third-order valence-corrected chi connectivity index (χ3v) is 4.97. The zero-order chi connectivity index (χ0) is 13.7. The molecule has 3 unspecified atom stereocenters. The van der Waals surface area contributed by atoms with E-state index in [9.17, 15) is 0 Å². The van der Waals surface area contributed by atoms with E-state index in [4.69, 9.17) is 0 Å². The van der Waals surface area contributed by atoms with E-state index in [0.29, 0.717) is 12.1 Å². The van der Waals surface area contributed by atoms with Crippen LogP contribution in [0.4, 0.5) is 0 Å². The lowest BCUT2D eigenvalue weighted by Gasteiger charge is -2.41. The number of fused-ring (bicyclic) bond motifs is 1. The van der Waals surface area contributed by atoms with Gasteiger partial charge in [0.2, 0.25) is 0 Å². The second-order valence-electron chi connectivity index (χ2n) is 6.11. The van der Waals surface area contributed by atoms with Gasteiger partial charge in [0.25, 0.3) is 0 Å². The predicted octanol–water partition coefficient (Wildman–Crippen LogP) is 2.63. The highest BCUT2D eigenvalue weighted by molar-refractivity contribution is 5.84. The van der Waals surface area contributed by atoms with E-state index in [-0.39, 0.29) is 0 Å². The van der Waals surface area contributed by atoms with Crippen molar-refractivity contribution in [2.75, 3.05) is 6.54 Å². The highest BCUT2D eigenvalue weighted by Crippen LogP contribution is 2.32. The summed E-state index contributed by atoms with van der Waals surface area (Å²) >= 11 is 0. The third kappa shape index (κ3) is 3.69. The van der Waals surface area contributed by atoms with Gasteiger partial charge in [0, 0.05) is 12.3 Å². The zero-order valence-electron chi connectivity index (χ0n) is 12.7. The summed E-state index contributed by atoms with van der Waals surface area (Å²) in [6.45, 7) is 7.74. The van der Waals surface area contributed by atoms with E-state index in [1.165, 1.54) is 44.2 Å². The normalized spacial score (nSPS) is 32.2. The van der Waals surface area contributed by atoms with E-state index in [0.717, 1.165) is 18.4 Å². The molecule has 110 valence electrons. The minimum absolute atomic E-state index is 0.295. The van der Waals surface area contributed by atoms with Crippen molar-refractivity contribution >= 4 is 5.71 Å². The van der Waals surface area contributed by atoms with E-state index >= 15 is 0 Å². The first-order valence-corrected chi connectivity index (χ1v) is 8.04. The molecule has 2 rings (SSSR count). The van der Waals surface area contributed by atoms with Crippen LogP contribution in [-0.4, -0.2) is 18.4 Å². The van der Waals surface area contributed by atoms with Crippen molar-refractivity contribution in [3.8, 4) is 0 Å². The highest BCUT2D eigenvalue weighted by atomic mass is 15.5. The number of nitrogens with one attached hydrogen (secondary N) is 3. The van der Waals surface area contributed by atoms with Crippen molar-refractivity contribution in [3.63, 3.8) is 0 Å². The quantitative estimate of drug-likeness (QED) is 0.529. The van der Waals surface area contributed by atoms with Gasteiger partial charge in [-0.15, -0.1) is 0 Å². The van der Waals surface area contributed by atoms with Crippen LogP contribution in [0.2, 0.25) is 0 Å². The van der Waals surface area contributed by atoms with Gasteiger partial charge >= 0.3 is 0 Å². The van der Waals surface area contributed by atoms with Crippen LogP contribution in [0.5, 0.6) is 0 Å². The summed E-state index contributed by atoms with van der Waals surface area (Å²) in [4.78, 5) is 0. The molecule has 0 spiro atoms. The molecule has 0 aromatic heterocycles. The topological polar surface area (TPSA) is 48.5 Å². The Kier molecular flexibility index (Phi) is 5.64. The fourth-order valence-corrected chi connectivity index (χ4v) is 3.61. The molecular weight excluding hydrogens is 236 g/mol. The van der Waals surface area contributed by atoms with Crippen molar-refractivity contribution in [1.29, 1.82) is 0 Å². The molecule has 1 saturated heterocycles. The smallest absolute Gasteiger partial charge is 0.109 e. The molecule has 0 bridgehead atoms. The van der Waals surface area contributed by atoms with Gasteiger partial charge in [0.1, 0.15) is 6.17 Å². The van der Waals surface area contributed by atoms with Crippen LogP contribution in [0.25, 0.3) is 0 Å². The molecule has 1 aliphatic heterocycles. The minimum Gasteiger partial charge on any atom is -0.291 e. The predicted molar refractivity (Wildman–Crippen MR) is 80.7 cm³/mol. The molecule has 1 aliphatic carbocycles. The molecule has 0 radical (unpaired) electrons. The zero-order valence-corrected chi connectivity index (χ0v) is 12.7. The first-order chi connectivity index (χ1) is 9.26. The molecule has 0 aromatic carbocycles. The van der Waals surface area contributed by atoms with Gasteiger partial charge in [0.15, 0.2) is 0 Å². The Morgan fingerprint density at radius 3 is 2.74 bits per heavy atom. The van der Waals surface area contributed by atoms with Gasteiger partial charge in [-0.1, -0.05) is 26.7 Å². The Bertz CT molecular complexity index is 297. The number of hydrazone groups is 1. The summed E-state index contributed by atoms with van der Waals surface area (Å²) in [6.07, 6.45) is 8.11. The second-order valence-corrected chi connectivity index (χ2v) is 6.11. The third-order valence-electron chi connectivity index (χ3n) is 4.97. The monoisotopic (exact) mass is 266 g/mol. The van der Waals surface area contributed by atoms with Gasteiger partial charge in [-0.25, -0.2) is 5.43 Å². The van der Waals surface area contributed by atoms with Crippen LogP contribution in [0.15, 0.2) is 5.10 Å². The number of hydrogen-bond donors (Lipinski definition) is 3. The lowest BCUT2D eigenvalue weighted by atomic mass is 9.77. The molecule has 0 aromatic rings. The average Bonchev–Trinajstić information content (AvgIpc) is 2.46. The lowest BCUT2D eigenvalue weighted by Crippen LogP contribution is -2.61. The van der Waals surface area contributed by atoms with E-state index < -0.39 is 0 Å². The molecule has 1 heterocycles. The maximum Gasteiger partial charge on any atom is 0.109 e. The van der Waals surface area contributed by atoms with Crippen LogP contribution < -0.4 is 16.3 Å². The maximum absolute atomic E-state index is 4.65. The van der Waals surface area contributed by atoms with Gasteiger partial charge < -0.3 is 0 Å². The summed E-state index contributed by atoms with van der Waals surface area (Å²) in [6, 6.07) is 0. The second kappa shape index (κ2) is 7.25. The van der Waals surface area contributed by atoms with Crippen molar-refractivity contribution in [2.45, 2.75) is 65.5 Å². The van der Waals surface area contributed by atoms with Gasteiger partial charge in [-0.3, -0.25) is 10.9 Å². The molecule has 19 heavy (non-hydrogen) atoms. The minimum atomic E-state index is 0.295. The van der Waals surface area contributed by atoms with Gasteiger partial charge in [0.05, 0.1) is 0 Å². The summed E-state index contributed by atoms with van der Waals surface area (Å²) in [5.74, 6) is 2.16. The van der Waals surface area contributed by atoms with Crippen LogP contribution in [0.3, 0.4) is 0 Å². The van der Waals surface area contributed by atoms with E-state index in [1.807, 2.05) is 0 Å². The number of nitrogens with zero attached hydrogens (tertiary/aromatic N) is 1. The Labute approximate surface area is 117 Å². The first kappa shape index (κ1) is 14.8. The Hall–Kier alpha value is -0.610. The van der Waals surface area contributed by atoms with Crippen LogP contribution in [0, 0.1) is 17.8 Å². The standard InChI is InChI=1S/C15H30N4/c1-4-12(5-2)11(3)17-19-15-14-9-7-6-8-13(14)10-16-18-15/h12-16,18-19H,4-10H2,1-3H3/b17-11-. The summed E-state index contributed by atoms with van der Waals surface area (Å²) in [5, 5.41) is 4.65. The molecule has 1 saturated carbocycles. The molecule has 2 aliphatic rings. The molecule has 0 amide bonds. The van der Waals surface area contributed by atoms with E-state index in [2.05, 4.69) is 42.1 Å². The van der Waals surface area contributed by atoms with Crippen LogP contribution in [-0.2, 0) is 0 Å². The Balaban J connectivity index is 1.92. The summed E-state index contributed by atoms with van der Waals surface area (Å²) in [5.41, 5.74) is 11.3. The Morgan fingerprint density at radius 1 is 1.26 bits per heavy atom. The van der Waals surface area contributed by atoms with Crippen molar-refractivity contribution in [3.05, 3.63) is 0 Å². The number of hydrogen-bond acceptors (Lipinski definition) is 4. The molecule has 2 fully saturated rings. The molecule has 3 N–H and O–H groups in total. The SMILES string of the molecule is CCC(CC)/C(C)=N\NC1NNCC2CCCCC21. The fraction of sp³-hybridized carbons (Fsp3) is 0.933. The van der Waals surface area contributed by atoms with Crippen molar-refractivity contribution in [1.82, 2.24) is 16.3 Å². The Morgan fingerprint density at radius 2 is 2.00 bits per heavy atom. The first-order valence-electron chi connectivity index (χ1n) is 8.04. The van der Waals surface area contributed by atoms with Gasteiger partial charge in [-0.05, 0) is 50.4 Å².